The third kappa shape index (κ3) is 4.74. The number of hydrogen-bond donors (Lipinski definition) is 2. The number of halogens is 1. The van der Waals surface area contributed by atoms with E-state index in [1.54, 1.807) is 31.4 Å². The monoisotopic (exact) mass is 456 g/mol. The smallest absolute Gasteiger partial charge is 0.323 e. The summed E-state index contributed by atoms with van der Waals surface area (Å²) in [5.41, 5.74) is 3.64. The minimum atomic E-state index is -0.364. The third-order valence-electron chi connectivity index (χ3n) is 6.07. The van der Waals surface area contributed by atoms with Crippen LogP contribution in [0.4, 0.5) is 5.69 Å². The minimum absolute atomic E-state index is 0. The lowest BCUT2D eigenvalue weighted by atomic mass is 10.0. The Hall–Kier alpha value is -3.03. The van der Waals surface area contributed by atoms with E-state index in [0.717, 1.165) is 26.2 Å². The van der Waals surface area contributed by atoms with Gasteiger partial charge in [-0.1, -0.05) is 18.2 Å². The van der Waals surface area contributed by atoms with Gasteiger partial charge in [0.1, 0.15) is 11.4 Å². The third-order valence-corrected chi connectivity index (χ3v) is 6.07. The Bertz CT molecular complexity index is 1110. The predicted molar refractivity (Wildman–Crippen MR) is 128 cm³/mol. The number of aromatic nitrogens is 2. The van der Waals surface area contributed by atoms with Gasteiger partial charge in [0.2, 0.25) is 5.78 Å². The van der Waals surface area contributed by atoms with Crippen molar-refractivity contribution in [3.05, 3.63) is 81.5 Å². The van der Waals surface area contributed by atoms with Crippen LogP contribution in [0.1, 0.15) is 40.3 Å². The molecule has 1 saturated heterocycles. The molecule has 0 amide bonds. The molecule has 3 aromatic rings. The number of ether oxygens (including phenoxy) is 1. The number of H-pyrrole nitrogens is 2. The van der Waals surface area contributed by atoms with E-state index in [0.29, 0.717) is 22.7 Å². The highest BCUT2D eigenvalue weighted by atomic mass is 35.5. The molecule has 2 heterocycles. The summed E-state index contributed by atoms with van der Waals surface area (Å²) in [6.07, 6.45) is 0. The van der Waals surface area contributed by atoms with Crippen LogP contribution in [0.25, 0.3) is 0 Å². The SMILES string of the molecule is COc1ccc(C(=O)c2[nH]c(=O)[nH]c2C(C)N2CCN(c3ccccc3C)CC2)cc1.Cl. The number of ketones is 1. The molecule has 1 unspecified atom stereocenters. The van der Waals surface area contributed by atoms with E-state index in [9.17, 15) is 9.59 Å². The fourth-order valence-electron chi connectivity index (χ4n) is 4.23. The second-order valence-corrected chi connectivity index (χ2v) is 7.91. The lowest BCUT2D eigenvalue weighted by Crippen LogP contribution is -2.47. The molecule has 2 aromatic carbocycles. The molecule has 1 aromatic heterocycles. The first kappa shape index (κ1) is 23.6. The van der Waals surface area contributed by atoms with Crippen molar-refractivity contribution in [1.82, 2.24) is 14.9 Å². The Kier molecular flexibility index (Phi) is 7.43. The Morgan fingerprint density at radius 1 is 1.00 bits per heavy atom. The van der Waals surface area contributed by atoms with Crippen LogP contribution in [-0.4, -0.2) is 53.9 Å². The number of benzene rings is 2. The number of methoxy groups -OCH3 is 1. The average Bonchev–Trinajstić information content (AvgIpc) is 3.20. The molecular weight excluding hydrogens is 428 g/mol. The number of carbonyl (C=O) groups excluding carboxylic acids is 1. The lowest BCUT2D eigenvalue weighted by molar-refractivity contribution is 0.103. The van der Waals surface area contributed by atoms with Gasteiger partial charge in [0, 0.05) is 43.5 Å². The normalized spacial score (nSPS) is 15.2. The van der Waals surface area contributed by atoms with Gasteiger partial charge in [-0.25, -0.2) is 4.79 Å². The van der Waals surface area contributed by atoms with Gasteiger partial charge in [-0.15, -0.1) is 12.4 Å². The van der Waals surface area contributed by atoms with Crippen molar-refractivity contribution in [3.63, 3.8) is 0 Å². The molecule has 2 N–H and O–H groups in total. The van der Waals surface area contributed by atoms with Crippen molar-refractivity contribution in [1.29, 1.82) is 0 Å². The molecule has 0 radical (unpaired) electrons. The number of aromatic amines is 2. The second kappa shape index (κ2) is 10.1. The Balaban J connectivity index is 0.00000289. The molecule has 0 spiro atoms. The quantitative estimate of drug-likeness (QED) is 0.554. The molecule has 170 valence electrons. The Morgan fingerprint density at radius 2 is 1.66 bits per heavy atom. The molecule has 1 fully saturated rings. The van der Waals surface area contributed by atoms with Crippen LogP contribution in [0.2, 0.25) is 0 Å². The van der Waals surface area contributed by atoms with Gasteiger partial charge in [-0.2, -0.15) is 0 Å². The maximum absolute atomic E-state index is 13.1. The number of nitrogens with one attached hydrogen (secondary N) is 2. The van der Waals surface area contributed by atoms with E-state index in [1.807, 2.05) is 6.92 Å². The van der Waals surface area contributed by atoms with Crippen molar-refractivity contribution < 1.29 is 9.53 Å². The van der Waals surface area contributed by atoms with Crippen LogP contribution in [0.3, 0.4) is 0 Å². The highest BCUT2D eigenvalue weighted by Gasteiger charge is 2.28. The molecule has 8 heteroatoms. The molecule has 7 nitrogen and oxygen atoms in total. The number of anilines is 1. The maximum atomic E-state index is 13.1. The van der Waals surface area contributed by atoms with E-state index in [-0.39, 0.29) is 29.9 Å². The van der Waals surface area contributed by atoms with Gasteiger partial charge in [-0.3, -0.25) is 9.69 Å². The van der Waals surface area contributed by atoms with Crippen LogP contribution in [0.5, 0.6) is 5.75 Å². The van der Waals surface area contributed by atoms with E-state index in [2.05, 4.69) is 51.0 Å². The highest BCUT2D eigenvalue weighted by Crippen LogP contribution is 2.26. The average molecular weight is 457 g/mol. The van der Waals surface area contributed by atoms with Gasteiger partial charge in [0.15, 0.2) is 0 Å². The van der Waals surface area contributed by atoms with Crippen LogP contribution in [0, 0.1) is 6.92 Å². The molecule has 4 rings (SSSR count). The summed E-state index contributed by atoms with van der Waals surface area (Å²) >= 11 is 0. The first-order valence-corrected chi connectivity index (χ1v) is 10.5. The molecule has 0 aliphatic carbocycles. The van der Waals surface area contributed by atoms with E-state index in [4.69, 9.17) is 4.74 Å². The standard InChI is InChI=1S/C24H28N4O3.ClH/c1-16-6-4-5-7-20(16)28-14-12-27(13-15-28)17(2)21-22(26-24(30)25-21)23(29)18-8-10-19(31-3)11-9-18;/h4-11,17H,12-15H2,1-3H3,(H2,25,26,30);1H. The summed E-state index contributed by atoms with van der Waals surface area (Å²) in [4.78, 5) is 35.4. The molecule has 1 atom stereocenters. The van der Waals surface area contributed by atoms with Crippen LogP contribution in [-0.2, 0) is 0 Å². The van der Waals surface area contributed by atoms with E-state index >= 15 is 0 Å². The first-order chi connectivity index (χ1) is 15.0. The number of rotatable bonds is 6. The number of aryl methyl sites for hydroxylation is 1. The summed E-state index contributed by atoms with van der Waals surface area (Å²) < 4.78 is 5.16. The second-order valence-electron chi connectivity index (χ2n) is 7.91. The highest BCUT2D eigenvalue weighted by molar-refractivity contribution is 6.08. The molecule has 1 aliphatic rings. The number of carbonyl (C=O) groups is 1. The number of para-hydroxylation sites is 1. The number of hydrogen-bond acceptors (Lipinski definition) is 5. The van der Waals surface area contributed by atoms with Crippen molar-refractivity contribution in [3.8, 4) is 5.75 Å². The van der Waals surface area contributed by atoms with Gasteiger partial charge in [-0.05, 0) is 49.7 Å². The fraction of sp³-hybridized carbons (Fsp3) is 0.333. The number of nitrogens with zero attached hydrogens (tertiary/aromatic N) is 2. The summed E-state index contributed by atoms with van der Waals surface area (Å²) in [6, 6.07) is 15.2. The van der Waals surface area contributed by atoms with Crippen LogP contribution in [0.15, 0.2) is 53.3 Å². The number of imidazole rings is 1. The summed E-state index contributed by atoms with van der Waals surface area (Å²) in [6.45, 7) is 7.65. The molecule has 32 heavy (non-hydrogen) atoms. The van der Waals surface area contributed by atoms with Gasteiger partial charge in [0.25, 0.3) is 0 Å². The van der Waals surface area contributed by atoms with Crippen molar-refractivity contribution in [2.75, 3.05) is 38.2 Å². The van der Waals surface area contributed by atoms with Crippen molar-refractivity contribution in [2.24, 2.45) is 0 Å². The van der Waals surface area contributed by atoms with Crippen LogP contribution < -0.4 is 15.3 Å². The van der Waals surface area contributed by atoms with Crippen molar-refractivity contribution in [2.45, 2.75) is 19.9 Å². The zero-order valence-electron chi connectivity index (χ0n) is 18.6. The zero-order valence-corrected chi connectivity index (χ0v) is 19.4. The molecule has 1 aliphatic heterocycles. The fourth-order valence-corrected chi connectivity index (χ4v) is 4.23. The van der Waals surface area contributed by atoms with E-state index in [1.165, 1.54) is 11.3 Å². The zero-order chi connectivity index (χ0) is 22.0. The van der Waals surface area contributed by atoms with Crippen molar-refractivity contribution >= 4 is 23.9 Å². The van der Waals surface area contributed by atoms with Gasteiger partial charge in [0.05, 0.1) is 12.8 Å². The molecule has 0 bridgehead atoms. The lowest BCUT2D eigenvalue weighted by Gasteiger charge is -2.39. The van der Waals surface area contributed by atoms with Gasteiger partial charge >= 0.3 is 5.69 Å². The molecule has 0 saturated carbocycles. The van der Waals surface area contributed by atoms with E-state index < -0.39 is 0 Å². The minimum Gasteiger partial charge on any atom is -0.497 e. The maximum Gasteiger partial charge on any atom is 0.323 e. The topological polar surface area (TPSA) is 81.4 Å². The predicted octanol–water partition coefficient (Wildman–Crippen LogP) is 3.56. The van der Waals surface area contributed by atoms with Gasteiger partial charge < -0.3 is 19.6 Å². The Morgan fingerprint density at radius 3 is 2.28 bits per heavy atom. The largest absolute Gasteiger partial charge is 0.497 e. The number of piperazine rings is 1. The summed E-state index contributed by atoms with van der Waals surface area (Å²) in [5, 5.41) is 0. The van der Waals surface area contributed by atoms with Crippen LogP contribution >= 0.6 is 12.4 Å². The first-order valence-electron chi connectivity index (χ1n) is 10.5. The summed E-state index contributed by atoms with van der Waals surface area (Å²) in [7, 11) is 1.58. The molecular formula is C24H29ClN4O3. The summed E-state index contributed by atoms with van der Waals surface area (Å²) in [5.74, 6) is 0.473. The Labute approximate surface area is 193 Å².